The van der Waals surface area contributed by atoms with Crippen molar-refractivity contribution < 1.29 is 0 Å². The Morgan fingerprint density at radius 3 is 2.90 bits per heavy atom. The first-order valence-electron chi connectivity index (χ1n) is 7.35. The number of hydrogen-bond acceptors (Lipinski definition) is 4. The van der Waals surface area contributed by atoms with Gasteiger partial charge >= 0.3 is 0 Å². The van der Waals surface area contributed by atoms with Gasteiger partial charge in [0.1, 0.15) is 5.82 Å². The van der Waals surface area contributed by atoms with Crippen LogP contribution in [0.2, 0.25) is 0 Å². The lowest BCUT2D eigenvalue weighted by Crippen LogP contribution is -2.14. The van der Waals surface area contributed by atoms with Crippen molar-refractivity contribution in [3.63, 3.8) is 0 Å². The molecule has 0 aromatic carbocycles. The number of nitrogens with zero attached hydrogens (tertiary/aromatic N) is 5. The largest absolute Gasteiger partial charge is 0.350 e. The van der Waals surface area contributed by atoms with Crippen molar-refractivity contribution >= 4 is 5.95 Å². The van der Waals surface area contributed by atoms with Gasteiger partial charge in [-0.05, 0) is 33.6 Å². The van der Waals surface area contributed by atoms with E-state index in [1.807, 2.05) is 4.68 Å². The summed E-state index contributed by atoms with van der Waals surface area (Å²) in [6.45, 7) is 8.10. The molecule has 1 aliphatic heterocycles. The van der Waals surface area contributed by atoms with Crippen LogP contribution in [0, 0.1) is 6.92 Å². The third-order valence-electron chi connectivity index (χ3n) is 3.84. The zero-order valence-corrected chi connectivity index (χ0v) is 12.4. The van der Waals surface area contributed by atoms with Crippen LogP contribution >= 0.6 is 0 Å². The molecule has 2 aromatic heterocycles. The molecule has 20 heavy (non-hydrogen) atoms. The van der Waals surface area contributed by atoms with Crippen LogP contribution in [0.15, 0.2) is 6.20 Å². The quantitative estimate of drug-likeness (QED) is 0.929. The summed E-state index contributed by atoms with van der Waals surface area (Å²) >= 11 is 0. The minimum atomic E-state index is 0.392. The summed E-state index contributed by atoms with van der Waals surface area (Å²) in [5, 5.41) is 16.4. The maximum atomic E-state index is 4.53. The van der Waals surface area contributed by atoms with E-state index in [0.29, 0.717) is 6.04 Å². The Bertz CT molecular complexity index is 595. The number of anilines is 1. The van der Waals surface area contributed by atoms with Crippen LogP contribution < -0.4 is 5.32 Å². The van der Waals surface area contributed by atoms with E-state index < -0.39 is 0 Å². The van der Waals surface area contributed by atoms with E-state index in [2.05, 4.69) is 52.1 Å². The van der Waals surface area contributed by atoms with Gasteiger partial charge in [0, 0.05) is 37.3 Å². The third-order valence-corrected chi connectivity index (χ3v) is 3.84. The lowest BCUT2D eigenvalue weighted by molar-refractivity contribution is 0.525. The number of hydrogen-bond donors (Lipinski definition) is 1. The molecule has 6 nitrogen and oxygen atoms in total. The van der Waals surface area contributed by atoms with Crippen molar-refractivity contribution in [1.82, 2.24) is 24.5 Å². The van der Waals surface area contributed by atoms with E-state index in [9.17, 15) is 0 Å². The highest BCUT2D eigenvalue weighted by Crippen LogP contribution is 2.18. The van der Waals surface area contributed by atoms with Gasteiger partial charge in [-0.15, -0.1) is 10.2 Å². The molecule has 3 rings (SSSR count). The molecule has 0 atom stereocenters. The van der Waals surface area contributed by atoms with Crippen LogP contribution in [-0.4, -0.2) is 24.5 Å². The highest BCUT2D eigenvalue weighted by Gasteiger charge is 2.16. The molecule has 0 spiro atoms. The molecule has 0 unspecified atom stereocenters. The van der Waals surface area contributed by atoms with Crippen LogP contribution in [0.3, 0.4) is 0 Å². The van der Waals surface area contributed by atoms with Gasteiger partial charge < -0.3 is 5.32 Å². The minimum absolute atomic E-state index is 0.392. The fourth-order valence-corrected chi connectivity index (χ4v) is 2.57. The van der Waals surface area contributed by atoms with Crippen molar-refractivity contribution in [3.8, 4) is 0 Å². The van der Waals surface area contributed by atoms with Gasteiger partial charge in [0.15, 0.2) is 0 Å². The molecule has 0 aliphatic carbocycles. The summed E-state index contributed by atoms with van der Waals surface area (Å²) in [7, 11) is 0. The molecule has 1 N–H and O–H groups in total. The Hall–Kier alpha value is -1.85. The second kappa shape index (κ2) is 5.26. The lowest BCUT2D eigenvalue weighted by Gasteiger charge is -2.15. The first-order valence-corrected chi connectivity index (χ1v) is 7.35. The van der Waals surface area contributed by atoms with Gasteiger partial charge in [-0.1, -0.05) is 0 Å². The summed E-state index contributed by atoms with van der Waals surface area (Å²) < 4.78 is 4.21. The predicted molar refractivity (Wildman–Crippen MR) is 77.6 cm³/mol. The molecule has 108 valence electrons. The topological polar surface area (TPSA) is 60.6 Å². The van der Waals surface area contributed by atoms with E-state index in [0.717, 1.165) is 37.0 Å². The molecule has 3 heterocycles. The molecule has 0 saturated carbocycles. The average Bonchev–Trinajstić information content (AvgIpc) is 3.00. The van der Waals surface area contributed by atoms with Crippen molar-refractivity contribution in [2.24, 2.45) is 0 Å². The second-order valence-corrected chi connectivity index (χ2v) is 5.72. The molecule has 0 saturated heterocycles. The van der Waals surface area contributed by atoms with E-state index in [-0.39, 0.29) is 0 Å². The zero-order chi connectivity index (χ0) is 14.1. The van der Waals surface area contributed by atoms with Crippen molar-refractivity contribution in [2.45, 2.75) is 59.2 Å². The molecule has 0 radical (unpaired) electrons. The Morgan fingerprint density at radius 2 is 2.15 bits per heavy atom. The Labute approximate surface area is 119 Å². The fraction of sp³-hybridized carbons (Fsp3) is 0.643. The first kappa shape index (κ1) is 13.1. The molecule has 2 aromatic rings. The zero-order valence-electron chi connectivity index (χ0n) is 12.4. The number of aryl methyl sites for hydroxylation is 2. The van der Waals surface area contributed by atoms with E-state index in [1.165, 1.54) is 18.4 Å². The predicted octanol–water partition coefficient (Wildman–Crippen LogP) is 2.31. The van der Waals surface area contributed by atoms with Gasteiger partial charge in [0.05, 0.1) is 5.69 Å². The summed E-state index contributed by atoms with van der Waals surface area (Å²) in [4.78, 5) is 0. The summed E-state index contributed by atoms with van der Waals surface area (Å²) in [6, 6.07) is 0.392. The molecule has 0 bridgehead atoms. The smallest absolute Gasteiger partial charge is 0.224 e. The first-order chi connectivity index (χ1) is 9.65. The normalized spacial score (nSPS) is 14.6. The van der Waals surface area contributed by atoms with Crippen LogP contribution in [-0.2, 0) is 19.5 Å². The maximum absolute atomic E-state index is 4.53. The number of fused-ring (bicyclic) bond motifs is 1. The molecule has 1 aliphatic rings. The van der Waals surface area contributed by atoms with Crippen LogP contribution in [0.1, 0.15) is 49.8 Å². The van der Waals surface area contributed by atoms with E-state index >= 15 is 0 Å². The number of aromatic nitrogens is 5. The van der Waals surface area contributed by atoms with Gasteiger partial charge in [-0.25, -0.2) is 0 Å². The summed E-state index contributed by atoms with van der Waals surface area (Å²) in [5.41, 5.74) is 2.29. The highest BCUT2D eigenvalue weighted by atomic mass is 15.4. The van der Waals surface area contributed by atoms with Gasteiger partial charge in [-0.3, -0.25) is 9.25 Å². The second-order valence-electron chi connectivity index (χ2n) is 5.72. The number of nitrogens with one attached hydrogen (secondary N) is 1. The molecule has 0 fully saturated rings. The van der Waals surface area contributed by atoms with Gasteiger partial charge in [0.2, 0.25) is 5.95 Å². The van der Waals surface area contributed by atoms with Crippen molar-refractivity contribution in [1.29, 1.82) is 0 Å². The SMILES string of the molecule is Cc1nn(C(C)C)cc1CNc1nnc2n1CCCC2. The Balaban J connectivity index is 1.72. The molecule has 0 amide bonds. The Morgan fingerprint density at radius 1 is 1.30 bits per heavy atom. The van der Waals surface area contributed by atoms with E-state index in [1.54, 1.807) is 0 Å². The fourth-order valence-electron chi connectivity index (χ4n) is 2.57. The van der Waals surface area contributed by atoms with Crippen LogP contribution in [0.4, 0.5) is 5.95 Å². The molecule has 6 heteroatoms. The molecular formula is C14H22N6. The monoisotopic (exact) mass is 274 g/mol. The van der Waals surface area contributed by atoms with E-state index in [4.69, 9.17) is 0 Å². The Kier molecular flexibility index (Phi) is 3.46. The number of rotatable bonds is 4. The summed E-state index contributed by atoms with van der Waals surface area (Å²) in [5.74, 6) is 1.99. The maximum Gasteiger partial charge on any atom is 0.224 e. The van der Waals surface area contributed by atoms with Crippen LogP contribution in [0.5, 0.6) is 0 Å². The third kappa shape index (κ3) is 2.42. The molecular weight excluding hydrogens is 252 g/mol. The lowest BCUT2D eigenvalue weighted by atomic mass is 10.2. The highest BCUT2D eigenvalue weighted by molar-refractivity contribution is 5.30. The van der Waals surface area contributed by atoms with Crippen LogP contribution in [0.25, 0.3) is 0 Å². The summed E-state index contributed by atoms with van der Waals surface area (Å²) in [6.07, 6.45) is 5.59. The van der Waals surface area contributed by atoms with Crippen molar-refractivity contribution in [3.05, 3.63) is 23.3 Å². The average molecular weight is 274 g/mol. The minimum Gasteiger partial charge on any atom is -0.350 e. The van der Waals surface area contributed by atoms with Crippen molar-refractivity contribution in [2.75, 3.05) is 5.32 Å². The van der Waals surface area contributed by atoms with Gasteiger partial charge in [-0.2, -0.15) is 5.10 Å². The van der Waals surface area contributed by atoms with Gasteiger partial charge in [0.25, 0.3) is 0 Å². The standard InChI is InChI=1S/C14H22N6/c1-10(2)20-9-12(11(3)18-20)8-15-14-17-16-13-6-4-5-7-19(13)14/h9-10H,4-8H2,1-3H3,(H,15,17).